The largest absolute Gasteiger partial charge is 0.416 e. The van der Waals surface area contributed by atoms with E-state index in [1.54, 1.807) is 0 Å². The summed E-state index contributed by atoms with van der Waals surface area (Å²) in [5, 5.41) is 21.0. The molecule has 0 spiro atoms. The second-order valence-corrected chi connectivity index (χ2v) is 5.72. The summed E-state index contributed by atoms with van der Waals surface area (Å²) in [6, 6.07) is 4.41. The lowest BCUT2D eigenvalue weighted by Crippen LogP contribution is -2.48. The van der Waals surface area contributed by atoms with Crippen molar-refractivity contribution in [3.63, 3.8) is 0 Å². The summed E-state index contributed by atoms with van der Waals surface area (Å²) in [5.74, 6) is 0.624. The third-order valence-electron chi connectivity index (χ3n) is 3.82. The number of hydrogen-bond donors (Lipinski definition) is 4. The summed E-state index contributed by atoms with van der Waals surface area (Å²) in [7, 11) is 0. The number of anilines is 1. The molecule has 0 aliphatic carbocycles. The van der Waals surface area contributed by atoms with E-state index < -0.39 is 11.7 Å². The van der Waals surface area contributed by atoms with Crippen LogP contribution < -0.4 is 10.6 Å². The monoisotopic (exact) mass is 327 g/mol. The summed E-state index contributed by atoms with van der Waals surface area (Å²) < 4.78 is 37.4. The van der Waals surface area contributed by atoms with Gasteiger partial charge in [0.2, 0.25) is 0 Å². The smallest absolute Gasteiger partial charge is 0.343 e. The highest BCUT2D eigenvalue weighted by Gasteiger charge is 2.30. The molecular formula is C15H20F3N5. The summed E-state index contributed by atoms with van der Waals surface area (Å²) in [6.07, 6.45) is -2.37. The third-order valence-corrected chi connectivity index (χ3v) is 3.82. The van der Waals surface area contributed by atoms with Crippen LogP contribution in [0, 0.1) is 16.7 Å². The Morgan fingerprint density at radius 1 is 1.13 bits per heavy atom. The zero-order chi connectivity index (χ0) is 17.0. The lowest BCUT2D eigenvalue weighted by Gasteiger charge is -2.32. The van der Waals surface area contributed by atoms with Gasteiger partial charge in [-0.1, -0.05) is 6.92 Å². The number of likely N-dealkylation sites (tertiary alicyclic amines) is 1. The highest BCUT2D eigenvalue weighted by molar-refractivity contribution is 6.02. The van der Waals surface area contributed by atoms with Crippen LogP contribution in [0.5, 0.6) is 0 Å². The lowest BCUT2D eigenvalue weighted by molar-refractivity contribution is -0.137. The maximum absolute atomic E-state index is 12.5. The maximum Gasteiger partial charge on any atom is 0.416 e. The van der Waals surface area contributed by atoms with Gasteiger partial charge in [0.1, 0.15) is 0 Å². The van der Waals surface area contributed by atoms with Gasteiger partial charge in [0, 0.05) is 18.8 Å². The number of guanidine groups is 2. The molecule has 8 heteroatoms. The Balaban J connectivity index is 1.86. The van der Waals surface area contributed by atoms with Crippen molar-refractivity contribution in [2.75, 3.05) is 18.4 Å². The van der Waals surface area contributed by atoms with E-state index in [-0.39, 0.29) is 11.9 Å². The summed E-state index contributed by atoms with van der Waals surface area (Å²) >= 11 is 0. The minimum absolute atomic E-state index is 0.126. The van der Waals surface area contributed by atoms with Crippen LogP contribution in [0.25, 0.3) is 0 Å². The van der Waals surface area contributed by atoms with Gasteiger partial charge in [-0.3, -0.25) is 16.1 Å². The third kappa shape index (κ3) is 4.87. The standard InChI is InChI=1S/C15H20F3N5/c1-10-6-8-23(9-7-10)14(20)22-13(19)21-12-4-2-11(3-5-12)15(16,17)18/h2-5,10H,6-9H2,1H3,(H4,19,20,21,22). The number of nitrogens with one attached hydrogen (secondary N) is 4. The minimum atomic E-state index is -4.38. The predicted molar refractivity (Wildman–Crippen MR) is 83.6 cm³/mol. The topological polar surface area (TPSA) is 75.0 Å². The molecule has 4 N–H and O–H groups in total. The number of piperidine rings is 1. The molecule has 0 aromatic heterocycles. The van der Waals surface area contributed by atoms with E-state index >= 15 is 0 Å². The molecule has 23 heavy (non-hydrogen) atoms. The SMILES string of the molecule is CC1CCN(C(=N)NC(=N)Nc2ccc(C(F)(F)F)cc2)CC1. The zero-order valence-electron chi connectivity index (χ0n) is 12.8. The first kappa shape index (κ1) is 17.1. The van der Waals surface area contributed by atoms with E-state index in [1.807, 2.05) is 4.90 Å². The van der Waals surface area contributed by atoms with E-state index in [0.29, 0.717) is 11.6 Å². The Bertz CT molecular complexity index is 559. The molecule has 1 aliphatic heterocycles. The minimum Gasteiger partial charge on any atom is -0.343 e. The van der Waals surface area contributed by atoms with Crippen molar-refractivity contribution in [3.05, 3.63) is 29.8 Å². The van der Waals surface area contributed by atoms with E-state index in [0.717, 1.165) is 38.1 Å². The number of halogens is 3. The van der Waals surface area contributed by atoms with Gasteiger partial charge >= 0.3 is 6.18 Å². The molecule has 1 saturated heterocycles. The van der Waals surface area contributed by atoms with Crippen LogP contribution in [0.4, 0.5) is 18.9 Å². The molecule has 0 unspecified atom stereocenters. The summed E-state index contributed by atoms with van der Waals surface area (Å²) in [6.45, 7) is 3.70. The van der Waals surface area contributed by atoms with Gasteiger partial charge in [-0.15, -0.1) is 0 Å². The van der Waals surface area contributed by atoms with Gasteiger partial charge < -0.3 is 10.2 Å². The molecule has 1 aliphatic rings. The molecule has 5 nitrogen and oxygen atoms in total. The molecule has 1 fully saturated rings. The number of rotatable bonds is 1. The van der Waals surface area contributed by atoms with Crippen molar-refractivity contribution in [2.45, 2.75) is 25.9 Å². The predicted octanol–water partition coefficient (Wildman–Crippen LogP) is 3.31. The first-order chi connectivity index (χ1) is 10.8. The van der Waals surface area contributed by atoms with Crippen molar-refractivity contribution in [3.8, 4) is 0 Å². The molecule has 0 radical (unpaired) electrons. The number of nitrogens with zero attached hydrogens (tertiary/aromatic N) is 1. The Morgan fingerprint density at radius 2 is 1.70 bits per heavy atom. The van der Waals surface area contributed by atoms with E-state index in [9.17, 15) is 13.2 Å². The molecular weight excluding hydrogens is 307 g/mol. The summed E-state index contributed by atoms with van der Waals surface area (Å²) in [5.41, 5.74) is -0.381. The number of benzene rings is 1. The summed E-state index contributed by atoms with van der Waals surface area (Å²) in [4.78, 5) is 1.85. The molecule has 0 bridgehead atoms. The van der Waals surface area contributed by atoms with Crippen LogP contribution in [0.2, 0.25) is 0 Å². The quantitative estimate of drug-likeness (QED) is 0.472. The van der Waals surface area contributed by atoms with Gasteiger partial charge in [0.05, 0.1) is 5.56 Å². The van der Waals surface area contributed by atoms with Crippen LogP contribution in [-0.4, -0.2) is 29.9 Å². The zero-order valence-corrected chi connectivity index (χ0v) is 12.8. The average molecular weight is 327 g/mol. The van der Waals surface area contributed by atoms with Gasteiger partial charge in [0.15, 0.2) is 11.9 Å². The van der Waals surface area contributed by atoms with E-state index in [4.69, 9.17) is 10.8 Å². The van der Waals surface area contributed by atoms with E-state index in [2.05, 4.69) is 17.6 Å². The molecule has 2 rings (SSSR count). The van der Waals surface area contributed by atoms with Crippen molar-refractivity contribution in [1.29, 1.82) is 10.8 Å². The Hall–Kier alpha value is -2.25. The van der Waals surface area contributed by atoms with Gasteiger partial charge in [0.25, 0.3) is 0 Å². The molecule has 1 heterocycles. The lowest BCUT2D eigenvalue weighted by atomic mass is 10.00. The number of hydrogen-bond acceptors (Lipinski definition) is 2. The van der Waals surface area contributed by atoms with Crippen LogP contribution in [-0.2, 0) is 6.18 Å². The molecule has 0 amide bonds. The van der Waals surface area contributed by atoms with Crippen LogP contribution in [0.15, 0.2) is 24.3 Å². The van der Waals surface area contributed by atoms with Gasteiger partial charge in [-0.05, 0) is 43.0 Å². The average Bonchev–Trinajstić information content (AvgIpc) is 2.47. The second-order valence-electron chi connectivity index (χ2n) is 5.72. The van der Waals surface area contributed by atoms with Crippen LogP contribution in [0.3, 0.4) is 0 Å². The molecule has 1 aromatic carbocycles. The van der Waals surface area contributed by atoms with Crippen LogP contribution >= 0.6 is 0 Å². The highest BCUT2D eigenvalue weighted by Crippen LogP contribution is 2.29. The van der Waals surface area contributed by atoms with E-state index in [1.165, 1.54) is 12.1 Å². The first-order valence-electron chi connectivity index (χ1n) is 7.39. The maximum atomic E-state index is 12.5. The van der Waals surface area contributed by atoms with Crippen molar-refractivity contribution in [1.82, 2.24) is 10.2 Å². The Labute approximate surface area is 132 Å². The van der Waals surface area contributed by atoms with Crippen LogP contribution in [0.1, 0.15) is 25.3 Å². The fourth-order valence-corrected chi connectivity index (χ4v) is 2.35. The fourth-order valence-electron chi connectivity index (χ4n) is 2.35. The molecule has 0 saturated carbocycles. The molecule has 1 aromatic rings. The van der Waals surface area contributed by atoms with Crippen molar-refractivity contribution < 1.29 is 13.2 Å². The number of alkyl halides is 3. The van der Waals surface area contributed by atoms with Gasteiger partial charge in [-0.2, -0.15) is 13.2 Å². The normalized spacial score (nSPS) is 16.1. The fraction of sp³-hybridized carbons (Fsp3) is 0.467. The van der Waals surface area contributed by atoms with Crippen molar-refractivity contribution in [2.24, 2.45) is 5.92 Å². The Kier molecular flexibility index (Phi) is 5.12. The highest BCUT2D eigenvalue weighted by atomic mass is 19.4. The first-order valence-corrected chi connectivity index (χ1v) is 7.39. The molecule has 0 atom stereocenters. The van der Waals surface area contributed by atoms with Gasteiger partial charge in [-0.25, -0.2) is 0 Å². The Morgan fingerprint density at radius 3 is 2.22 bits per heavy atom. The molecule has 126 valence electrons. The van der Waals surface area contributed by atoms with Crippen molar-refractivity contribution >= 4 is 17.6 Å². The second kappa shape index (κ2) is 6.89.